The van der Waals surface area contributed by atoms with Crippen molar-refractivity contribution in [2.24, 2.45) is 5.92 Å². The lowest BCUT2D eigenvalue weighted by Crippen LogP contribution is -2.29. The number of amides is 1. The maximum Gasteiger partial charge on any atom is 0.287 e. The minimum atomic E-state index is -0.228. The van der Waals surface area contributed by atoms with Gasteiger partial charge in [-0.25, -0.2) is 0 Å². The topological polar surface area (TPSA) is 51.5 Å². The molecule has 1 atom stereocenters. The number of furan rings is 1. The maximum atomic E-state index is 11.5. The van der Waals surface area contributed by atoms with E-state index in [1.165, 1.54) is 0 Å². The molecule has 1 amide bonds. The molecule has 1 fully saturated rings. The summed E-state index contributed by atoms with van der Waals surface area (Å²) in [7, 11) is 0. The van der Waals surface area contributed by atoms with Crippen LogP contribution in [0.5, 0.6) is 0 Å². The van der Waals surface area contributed by atoms with Crippen LogP contribution in [0.1, 0.15) is 17.0 Å². The van der Waals surface area contributed by atoms with Crippen molar-refractivity contribution in [2.45, 2.75) is 6.42 Å². The quantitative estimate of drug-likeness (QED) is 0.858. The summed E-state index contributed by atoms with van der Waals surface area (Å²) in [6.07, 6.45) is 0.999. The summed E-state index contributed by atoms with van der Waals surface area (Å²) in [5.74, 6) is 0.437. The highest BCUT2D eigenvalue weighted by Crippen LogP contribution is 2.14. The van der Waals surface area contributed by atoms with Gasteiger partial charge in [-0.3, -0.25) is 4.79 Å². The Morgan fingerprint density at radius 3 is 3.07 bits per heavy atom. The summed E-state index contributed by atoms with van der Waals surface area (Å²) in [5, 5.41) is 3.01. The number of ether oxygens (including phenoxy) is 1. The highest BCUT2D eigenvalue weighted by Gasteiger charge is 2.17. The molecule has 1 N–H and O–H groups in total. The predicted molar refractivity (Wildman–Crippen MR) is 55.0 cm³/mol. The van der Waals surface area contributed by atoms with E-state index in [1.54, 1.807) is 12.1 Å². The third-order valence-electron chi connectivity index (χ3n) is 2.37. The monoisotopic (exact) mass is 229 g/mol. The molecule has 0 aromatic carbocycles. The zero-order valence-electron chi connectivity index (χ0n) is 8.16. The van der Waals surface area contributed by atoms with Crippen LogP contribution in [0.4, 0.5) is 0 Å². The molecule has 1 unspecified atom stereocenters. The summed E-state index contributed by atoms with van der Waals surface area (Å²) >= 11 is 5.57. The smallest absolute Gasteiger partial charge is 0.287 e. The molecule has 0 saturated carbocycles. The molecule has 0 bridgehead atoms. The van der Waals surface area contributed by atoms with E-state index in [1.807, 2.05) is 0 Å². The van der Waals surface area contributed by atoms with Crippen LogP contribution < -0.4 is 5.32 Å². The third kappa shape index (κ3) is 2.73. The average Bonchev–Trinajstić information content (AvgIpc) is 2.84. The van der Waals surface area contributed by atoms with E-state index in [9.17, 15) is 4.79 Å². The fourth-order valence-electron chi connectivity index (χ4n) is 1.50. The lowest BCUT2D eigenvalue weighted by molar-refractivity contribution is 0.0917. The van der Waals surface area contributed by atoms with Gasteiger partial charge in [-0.05, 0) is 30.2 Å². The molecule has 0 radical (unpaired) electrons. The van der Waals surface area contributed by atoms with Gasteiger partial charge < -0.3 is 14.5 Å². The van der Waals surface area contributed by atoms with Crippen molar-refractivity contribution in [2.75, 3.05) is 19.8 Å². The number of carbonyl (C=O) groups excluding carboxylic acids is 1. The fraction of sp³-hybridized carbons (Fsp3) is 0.500. The second-order valence-electron chi connectivity index (χ2n) is 3.54. The van der Waals surface area contributed by atoms with Crippen LogP contribution in [0.3, 0.4) is 0 Å². The molecule has 1 aliphatic rings. The molecule has 1 aromatic rings. The molecule has 5 heteroatoms. The summed E-state index contributed by atoms with van der Waals surface area (Å²) in [6.45, 7) is 2.13. The van der Waals surface area contributed by atoms with Crippen molar-refractivity contribution in [3.05, 3.63) is 23.1 Å². The highest BCUT2D eigenvalue weighted by atomic mass is 35.5. The van der Waals surface area contributed by atoms with Crippen LogP contribution in [0.25, 0.3) is 0 Å². The van der Waals surface area contributed by atoms with Crippen molar-refractivity contribution < 1.29 is 13.9 Å². The van der Waals surface area contributed by atoms with Crippen molar-refractivity contribution in [1.82, 2.24) is 5.32 Å². The molecule has 1 saturated heterocycles. The van der Waals surface area contributed by atoms with Gasteiger partial charge in [0.05, 0.1) is 6.61 Å². The van der Waals surface area contributed by atoms with Gasteiger partial charge in [-0.2, -0.15) is 0 Å². The lowest BCUT2D eigenvalue weighted by atomic mass is 10.1. The molecular weight excluding hydrogens is 218 g/mol. The van der Waals surface area contributed by atoms with Gasteiger partial charge in [-0.15, -0.1) is 0 Å². The normalized spacial score (nSPS) is 20.5. The first-order valence-electron chi connectivity index (χ1n) is 4.87. The summed E-state index contributed by atoms with van der Waals surface area (Å²) in [4.78, 5) is 11.5. The second-order valence-corrected chi connectivity index (χ2v) is 3.92. The molecule has 2 rings (SSSR count). The van der Waals surface area contributed by atoms with Gasteiger partial charge in [0.2, 0.25) is 0 Å². The summed E-state index contributed by atoms with van der Waals surface area (Å²) < 4.78 is 10.2. The number of nitrogens with one attached hydrogen (secondary N) is 1. The molecular formula is C10H12ClNO3. The zero-order valence-corrected chi connectivity index (χ0v) is 8.92. The number of halogens is 1. The molecule has 4 nitrogen and oxygen atoms in total. The van der Waals surface area contributed by atoms with Gasteiger partial charge in [0.15, 0.2) is 11.0 Å². The number of rotatable bonds is 3. The Hall–Kier alpha value is -1.00. The van der Waals surface area contributed by atoms with Gasteiger partial charge in [-0.1, -0.05) is 0 Å². The molecule has 82 valence electrons. The van der Waals surface area contributed by atoms with Gasteiger partial charge in [0, 0.05) is 19.1 Å². The van der Waals surface area contributed by atoms with E-state index in [-0.39, 0.29) is 16.9 Å². The lowest BCUT2D eigenvalue weighted by Gasteiger charge is -2.07. The molecule has 1 aliphatic heterocycles. The zero-order chi connectivity index (χ0) is 10.7. The van der Waals surface area contributed by atoms with Crippen molar-refractivity contribution in [3.8, 4) is 0 Å². The number of hydrogen-bond acceptors (Lipinski definition) is 3. The van der Waals surface area contributed by atoms with Crippen LogP contribution in [0.15, 0.2) is 16.5 Å². The Labute approximate surface area is 92.5 Å². The van der Waals surface area contributed by atoms with E-state index in [0.29, 0.717) is 12.5 Å². The SMILES string of the molecule is O=C(NCC1CCOC1)c1ccc(Cl)o1. The Bertz CT molecular complexity index is 344. The van der Waals surface area contributed by atoms with Crippen LogP contribution in [0.2, 0.25) is 5.22 Å². The van der Waals surface area contributed by atoms with Crippen LogP contribution in [-0.2, 0) is 4.74 Å². The van der Waals surface area contributed by atoms with E-state index in [4.69, 9.17) is 20.8 Å². The van der Waals surface area contributed by atoms with Crippen LogP contribution in [0, 0.1) is 5.92 Å². The molecule has 0 spiro atoms. The maximum absolute atomic E-state index is 11.5. The highest BCUT2D eigenvalue weighted by molar-refractivity contribution is 6.29. The van der Waals surface area contributed by atoms with Crippen molar-refractivity contribution in [1.29, 1.82) is 0 Å². The Morgan fingerprint density at radius 1 is 1.60 bits per heavy atom. The average molecular weight is 230 g/mol. The van der Waals surface area contributed by atoms with Crippen LogP contribution in [-0.4, -0.2) is 25.7 Å². The van der Waals surface area contributed by atoms with Gasteiger partial charge >= 0.3 is 0 Å². The Kier molecular flexibility index (Phi) is 3.28. The first-order chi connectivity index (χ1) is 7.25. The Balaban J connectivity index is 1.81. The molecule has 15 heavy (non-hydrogen) atoms. The van der Waals surface area contributed by atoms with Gasteiger partial charge in [0.25, 0.3) is 5.91 Å². The predicted octanol–water partition coefficient (Wildman–Crippen LogP) is 1.70. The first-order valence-corrected chi connectivity index (χ1v) is 5.25. The third-order valence-corrected chi connectivity index (χ3v) is 2.58. The Morgan fingerprint density at radius 2 is 2.47 bits per heavy atom. The van der Waals surface area contributed by atoms with E-state index >= 15 is 0 Å². The fourth-order valence-corrected chi connectivity index (χ4v) is 1.65. The number of hydrogen-bond donors (Lipinski definition) is 1. The molecule has 1 aromatic heterocycles. The summed E-state index contributed by atoms with van der Waals surface area (Å²) in [6, 6.07) is 3.11. The van der Waals surface area contributed by atoms with Crippen molar-refractivity contribution in [3.63, 3.8) is 0 Å². The minimum absolute atomic E-state index is 0.226. The van der Waals surface area contributed by atoms with E-state index < -0.39 is 0 Å². The molecule has 2 heterocycles. The van der Waals surface area contributed by atoms with Crippen molar-refractivity contribution >= 4 is 17.5 Å². The molecule has 0 aliphatic carbocycles. The second kappa shape index (κ2) is 4.68. The first kappa shape index (κ1) is 10.5. The summed E-state index contributed by atoms with van der Waals surface area (Å²) in [5.41, 5.74) is 0. The van der Waals surface area contributed by atoms with Crippen LogP contribution >= 0.6 is 11.6 Å². The standard InChI is InChI=1S/C10H12ClNO3/c11-9-2-1-8(15-9)10(13)12-5-7-3-4-14-6-7/h1-2,7H,3-6H2,(H,12,13). The minimum Gasteiger partial charge on any atom is -0.440 e. The largest absolute Gasteiger partial charge is 0.440 e. The van der Waals surface area contributed by atoms with E-state index in [2.05, 4.69) is 5.32 Å². The number of carbonyl (C=O) groups is 1. The van der Waals surface area contributed by atoms with Gasteiger partial charge in [0.1, 0.15) is 0 Å². The van der Waals surface area contributed by atoms with E-state index in [0.717, 1.165) is 19.6 Å².